The summed E-state index contributed by atoms with van der Waals surface area (Å²) in [5, 5.41) is 26.4. The fraction of sp³-hybridized carbons (Fsp3) is 0.875. The monoisotopic (exact) mass is 302 g/mol. The van der Waals surface area contributed by atoms with E-state index in [0.29, 0.717) is 6.42 Å². The van der Waals surface area contributed by atoms with Crippen LogP contribution in [-0.2, 0) is 9.59 Å². The van der Waals surface area contributed by atoms with Crippen LogP contribution < -0.4 is 0 Å². The summed E-state index contributed by atoms with van der Waals surface area (Å²) in [6.45, 7) is 0. The van der Waals surface area contributed by atoms with E-state index in [1.165, 1.54) is 25.7 Å². The van der Waals surface area contributed by atoms with E-state index < -0.39 is 18.0 Å². The number of rotatable bonds is 15. The Labute approximate surface area is 127 Å². The minimum atomic E-state index is -0.939. The lowest BCUT2D eigenvalue weighted by Gasteiger charge is -2.07. The minimum absolute atomic E-state index is 0.151. The molecule has 0 aromatic heterocycles. The molecule has 0 spiro atoms. The van der Waals surface area contributed by atoms with Crippen LogP contribution in [0, 0.1) is 0 Å². The summed E-state index contributed by atoms with van der Waals surface area (Å²) >= 11 is 0. The van der Waals surface area contributed by atoms with Gasteiger partial charge in [0.05, 0.1) is 12.5 Å². The maximum Gasteiger partial charge on any atom is 0.305 e. The quantitative estimate of drug-likeness (QED) is 0.402. The van der Waals surface area contributed by atoms with Crippen molar-refractivity contribution in [1.82, 2.24) is 0 Å². The van der Waals surface area contributed by atoms with Crippen molar-refractivity contribution in [2.24, 2.45) is 0 Å². The van der Waals surface area contributed by atoms with Gasteiger partial charge in [-0.25, -0.2) is 0 Å². The molecule has 0 aliphatic carbocycles. The van der Waals surface area contributed by atoms with Crippen molar-refractivity contribution < 1.29 is 24.9 Å². The molecule has 0 fully saturated rings. The predicted molar refractivity (Wildman–Crippen MR) is 81.3 cm³/mol. The number of aliphatic hydroxyl groups excluding tert-OH is 1. The van der Waals surface area contributed by atoms with Gasteiger partial charge >= 0.3 is 11.9 Å². The molecule has 0 radical (unpaired) electrons. The first-order valence-corrected chi connectivity index (χ1v) is 8.14. The molecule has 3 N–H and O–H groups in total. The first-order chi connectivity index (χ1) is 10.0. The van der Waals surface area contributed by atoms with E-state index in [0.717, 1.165) is 38.5 Å². The van der Waals surface area contributed by atoms with Crippen LogP contribution >= 0.6 is 0 Å². The molecule has 0 bridgehead atoms. The highest BCUT2D eigenvalue weighted by Crippen LogP contribution is 2.13. The Hall–Kier alpha value is -1.10. The van der Waals surface area contributed by atoms with Crippen LogP contribution in [0.5, 0.6) is 0 Å². The highest BCUT2D eigenvalue weighted by atomic mass is 16.4. The molecule has 0 aromatic carbocycles. The zero-order valence-corrected chi connectivity index (χ0v) is 12.9. The molecule has 0 saturated carbocycles. The Balaban J connectivity index is 3.12. The molecule has 0 aliphatic rings. The maximum atomic E-state index is 10.4. The summed E-state index contributed by atoms with van der Waals surface area (Å²) in [4.78, 5) is 20.7. The number of aliphatic hydroxyl groups is 1. The van der Waals surface area contributed by atoms with Gasteiger partial charge in [-0.15, -0.1) is 0 Å². The third-order valence-electron chi connectivity index (χ3n) is 3.59. The topological polar surface area (TPSA) is 94.8 Å². The third-order valence-corrected chi connectivity index (χ3v) is 3.59. The van der Waals surface area contributed by atoms with Crippen LogP contribution in [0.3, 0.4) is 0 Å². The van der Waals surface area contributed by atoms with Crippen LogP contribution in [0.25, 0.3) is 0 Å². The zero-order chi connectivity index (χ0) is 15.9. The van der Waals surface area contributed by atoms with Gasteiger partial charge in [0.25, 0.3) is 0 Å². The summed E-state index contributed by atoms with van der Waals surface area (Å²) in [6, 6.07) is 0. The average molecular weight is 302 g/mol. The van der Waals surface area contributed by atoms with E-state index in [1.807, 2.05) is 0 Å². The van der Waals surface area contributed by atoms with Gasteiger partial charge in [0.15, 0.2) is 0 Å². The van der Waals surface area contributed by atoms with E-state index in [-0.39, 0.29) is 12.8 Å². The fourth-order valence-electron chi connectivity index (χ4n) is 2.37. The largest absolute Gasteiger partial charge is 0.481 e. The first-order valence-electron chi connectivity index (χ1n) is 8.14. The van der Waals surface area contributed by atoms with Crippen molar-refractivity contribution >= 4 is 11.9 Å². The van der Waals surface area contributed by atoms with Gasteiger partial charge in [-0.2, -0.15) is 0 Å². The number of hydrogen-bond donors (Lipinski definition) is 3. The molecule has 0 aromatic rings. The summed E-state index contributed by atoms with van der Waals surface area (Å²) in [6.07, 6.45) is 10.8. The number of carboxylic acids is 2. The number of hydrogen-bond acceptors (Lipinski definition) is 3. The number of carbonyl (C=O) groups is 2. The lowest BCUT2D eigenvalue weighted by atomic mass is 10.0. The minimum Gasteiger partial charge on any atom is -0.481 e. The normalized spacial score (nSPS) is 12.2. The van der Waals surface area contributed by atoms with Crippen molar-refractivity contribution in [1.29, 1.82) is 0 Å². The van der Waals surface area contributed by atoms with Crippen LogP contribution in [0.2, 0.25) is 0 Å². The Morgan fingerprint density at radius 3 is 1.52 bits per heavy atom. The van der Waals surface area contributed by atoms with Crippen molar-refractivity contribution in [3.63, 3.8) is 0 Å². The number of aliphatic carboxylic acids is 2. The molecule has 21 heavy (non-hydrogen) atoms. The van der Waals surface area contributed by atoms with Gasteiger partial charge in [0.2, 0.25) is 0 Å². The fourth-order valence-corrected chi connectivity index (χ4v) is 2.37. The maximum absolute atomic E-state index is 10.4. The van der Waals surface area contributed by atoms with Gasteiger partial charge in [0, 0.05) is 6.42 Å². The van der Waals surface area contributed by atoms with Crippen molar-refractivity contribution in [2.75, 3.05) is 0 Å². The van der Waals surface area contributed by atoms with Gasteiger partial charge in [0.1, 0.15) is 0 Å². The molecule has 1 atom stereocenters. The standard InChI is InChI=1S/C16H30O5/c17-14(13-16(20)21)11-9-7-5-3-1-2-4-6-8-10-12-15(18)19/h14,17H,1-13H2,(H,18,19)(H,20,21). The van der Waals surface area contributed by atoms with E-state index in [2.05, 4.69) is 0 Å². The molecular formula is C16H30O5. The van der Waals surface area contributed by atoms with E-state index in [4.69, 9.17) is 10.2 Å². The second kappa shape index (κ2) is 13.9. The predicted octanol–water partition coefficient (Wildman–Crippen LogP) is 3.59. The summed E-state index contributed by atoms with van der Waals surface area (Å²) in [5.41, 5.74) is 0. The SMILES string of the molecule is O=C(O)CCCCCCCCCCCCC(O)CC(=O)O. The van der Waals surface area contributed by atoms with Gasteiger partial charge < -0.3 is 15.3 Å². The molecule has 5 heteroatoms. The molecule has 0 saturated heterocycles. The number of carboxylic acid groups (broad SMARTS) is 2. The molecule has 124 valence electrons. The second-order valence-electron chi connectivity index (χ2n) is 5.72. The Morgan fingerprint density at radius 1 is 0.667 bits per heavy atom. The molecule has 1 unspecified atom stereocenters. The third kappa shape index (κ3) is 16.8. The van der Waals surface area contributed by atoms with Gasteiger partial charge in [-0.05, 0) is 12.8 Å². The number of unbranched alkanes of at least 4 members (excludes halogenated alkanes) is 9. The van der Waals surface area contributed by atoms with Crippen LogP contribution in [0.1, 0.15) is 83.5 Å². The Kier molecular flexibility index (Phi) is 13.1. The lowest BCUT2D eigenvalue weighted by Crippen LogP contribution is -2.12. The average Bonchev–Trinajstić information content (AvgIpc) is 2.38. The molecule has 5 nitrogen and oxygen atoms in total. The molecule has 0 rings (SSSR count). The van der Waals surface area contributed by atoms with Crippen molar-refractivity contribution in [2.45, 2.75) is 89.6 Å². The van der Waals surface area contributed by atoms with E-state index in [9.17, 15) is 14.7 Å². The molecule has 0 aliphatic heterocycles. The van der Waals surface area contributed by atoms with E-state index in [1.54, 1.807) is 0 Å². The Bertz CT molecular complexity index is 278. The molecular weight excluding hydrogens is 272 g/mol. The van der Waals surface area contributed by atoms with Crippen molar-refractivity contribution in [3.05, 3.63) is 0 Å². The zero-order valence-electron chi connectivity index (χ0n) is 12.9. The van der Waals surface area contributed by atoms with E-state index >= 15 is 0 Å². The Morgan fingerprint density at radius 2 is 1.10 bits per heavy atom. The first kappa shape index (κ1) is 19.9. The van der Waals surface area contributed by atoms with Crippen molar-refractivity contribution in [3.8, 4) is 0 Å². The highest BCUT2D eigenvalue weighted by Gasteiger charge is 2.08. The van der Waals surface area contributed by atoms with Crippen LogP contribution in [-0.4, -0.2) is 33.4 Å². The lowest BCUT2D eigenvalue weighted by molar-refractivity contribution is -0.139. The smallest absolute Gasteiger partial charge is 0.305 e. The van der Waals surface area contributed by atoms with Crippen LogP contribution in [0.15, 0.2) is 0 Å². The summed E-state index contributed by atoms with van der Waals surface area (Å²) in [5.74, 6) is -1.64. The highest BCUT2D eigenvalue weighted by molar-refractivity contribution is 5.67. The van der Waals surface area contributed by atoms with Gasteiger partial charge in [-0.3, -0.25) is 9.59 Å². The summed E-state index contributed by atoms with van der Waals surface area (Å²) in [7, 11) is 0. The molecule has 0 heterocycles. The van der Waals surface area contributed by atoms with Crippen LogP contribution in [0.4, 0.5) is 0 Å². The second-order valence-corrected chi connectivity index (χ2v) is 5.72. The van der Waals surface area contributed by atoms with Gasteiger partial charge in [-0.1, -0.05) is 57.8 Å². The summed E-state index contributed by atoms with van der Waals surface area (Å²) < 4.78 is 0. The molecule has 0 amide bonds.